The van der Waals surface area contributed by atoms with Crippen LogP contribution in [0.15, 0.2) is 78.0 Å². The Morgan fingerprint density at radius 3 is 2.48 bits per heavy atom. The summed E-state index contributed by atoms with van der Waals surface area (Å²) >= 11 is 1.61. The van der Waals surface area contributed by atoms with Crippen molar-refractivity contribution in [3.8, 4) is 22.8 Å². The number of carbonyl (C=O) groups excluding carboxylic acids is 1. The van der Waals surface area contributed by atoms with Crippen LogP contribution >= 0.6 is 11.8 Å². The van der Waals surface area contributed by atoms with Crippen LogP contribution in [-0.2, 0) is 0 Å². The first-order valence-corrected chi connectivity index (χ1v) is 16.1. The molecule has 1 N–H and O–H groups in total. The molecule has 8 nitrogen and oxygen atoms in total. The quantitative estimate of drug-likeness (QED) is 0.206. The lowest BCUT2D eigenvalue weighted by Crippen LogP contribution is -2.43. The van der Waals surface area contributed by atoms with Gasteiger partial charge >= 0.3 is 12.4 Å². The van der Waals surface area contributed by atoms with Crippen LogP contribution in [0.2, 0.25) is 0 Å². The second-order valence-electron chi connectivity index (χ2n) is 11.7. The summed E-state index contributed by atoms with van der Waals surface area (Å²) in [6, 6.07) is 19.3. The fourth-order valence-corrected chi connectivity index (χ4v) is 6.73. The zero-order valence-corrected chi connectivity index (χ0v) is 27.2. The number of aryl methyl sites for hydroxylation is 1. The number of amides is 2. The molecule has 4 aromatic rings. The number of rotatable bonds is 8. The third kappa shape index (κ3) is 7.90. The van der Waals surface area contributed by atoms with E-state index >= 15 is 0 Å². The number of hydrogen-bond donors (Lipinski definition) is 1. The minimum atomic E-state index is -4.75. The van der Waals surface area contributed by atoms with Crippen molar-refractivity contribution in [2.75, 3.05) is 17.2 Å². The predicted octanol–water partition coefficient (Wildman–Crippen LogP) is 8.47. The number of ether oxygens (including phenoxy) is 1. The Kier molecular flexibility index (Phi) is 10.0. The summed E-state index contributed by atoms with van der Waals surface area (Å²) < 4.78 is 42.7. The van der Waals surface area contributed by atoms with Crippen LogP contribution in [0, 0.1) is 6.92 Å². The molecule has 0 bridgehead atoms. The third-order valence-electron chi connectivity index (χ3n) is 7.87. The molecule has 242 valence electrons. The maximum absolute atomic E-state index is 13.0. The van der Waals surface area contributed by atoms with Crippen molar-refractivity contribution < 1.29 is 22.7 Å². The average Bonchev–Trinajstić information content (AvgIpc) is 3.50. The van der Waals surface area contributed by atoms with Gasteiger partial charge in [0.25, 0.3) is 0 Å². The molecule has 1 aromatic heterocycles. The number of amidine groups is 1. The number of hydrogen-bond acceptors (Lipinski definition) is 5. The number of carbonyl (C=O) groups is 1. The molecule has 2 unspecified atom stereocenters. The van der Waals surface area contributed by atoms with Gasteiger partial charge in [-0.3, -0.25) is 0 Å². The molecule has 0 saturated carbocycles. The molecule has 1 fully saturated rings. The molecule has 1 aliphatic rings. The number of aromatic nitrogens is 3. The Balaban J connectivity index is 1.22. The average molecular weight is 651 g/mol. The van der Waals surface area contributed by atoms with Crippen molar-refractivity contribution in [1.29, 1.82) is 0 Å². The Labute approximate surface area is 271 Å². The van der Waals surface area contributed by atoms with E-state index < -0.39 is 6.36 Å². The highest BCUT2D eigenvalue weighted by Gasteiger charge is 2.31. The van der Waals surface area contributed by atoms with Gasteiger partial charge in [-0.05, 0) is 79.1 Å². The van der Waals surface area contributed by atoms with Crippen molar-refractivity contribution in [2.24, 2.45) is 4.99 Å². The molecule has 0 aliphatic carbocycles. The number of benzene rings is 3. The zero-order valence-electron chi connectivity index (χ0n) is 26.4. The fourth-order valence-electron chi connectivity index (χ4n) is 5.53. The summed E-state index contributed by atoms with van der Waals surface area (Å²) in [4.78, 5) is 24.1. The van der Waals surface area contributed by atoms with Gasteiger partial charge in [-0.25, -0.2) is 14.5 Å². The number of nitrogens with zero attached hydrogens (tertiary/aromatic N) is 5. The Morgan fingerprint density at radius 2 is 1.80 bits per heavy atom. The highest BCUT2D eigenvalue weighted by Crippen LogP contribution is 2.36. The van der Waals surface area contributed by atoms with E-state index in [0.717, 1.165) is 34.2 Å². The van der Waals surface area contributed by atoms with E-state index in [1.54, 1.807) is 11.8 Å². The zero-order chi connectivity index (χ0) is 33.0. The van der Waals surface area contributed by atoms with E-state index in [9.17, 15) is 18.0 Å². The summed E-state index contributed by atoms with van der Waals surface area (Å²) in [5.41, 5.74) is 5.97. The van der Waals surface area contributed by atoms with Crippen LogP contribution in [0.25, 0.3) is 17.1 Å². The summed E-state index contributed by atoms with van der Waals surface area (Å²) in [5, 5.41) is 8.17. The second kappa shape index (κ2) is 14.0. The van der Waals surface area contributed by atoms with Gasteiger partial charge in [0.2, 0.25) is 0 Å². The van der Waals surface area contributed by atoms with Crippen molar-refractivity contribution in [1.82, 2.24) is 20.1 Å². The maximum Gasteiger partial charge on any atom is 0.573 e. The first-order chi connectivity index (χ1) is 21.9. The van der Waals surface area contributed by atoms with Crippen LogP contribution < -0.4 is 15.0 Å². The lowest BCUT2D eigenvalue weighted by Gasteiger charge is -2.37. The number of halogens is 3. The normalized spacial score (nSPS) is 16.9. The maximum atomic E-state index is 13.0. The number of urea groups is 1. The van der Waals surface area contributed by atoms with Crippen LogP contribution in [0.3, 0.4) is 0 Å². The summed E-state index contributed by atoms with van der Waals surface area (Å²) in [6.07, 6.45) is -2.24. The SMILES string of the molecule is Cc1cccc(N2/C(=N/C(=O)NCC(C)c3ccc(-c4ncn(-c5ccc(OC(F)(F)F)cc5)n4)cc3)SCCC2C)c1C(C)C. The van der Waals surface area contributed by atoms with E-state index in [4.69, 9.17) is 0 Å². The lowest BCUT2D eigenvalue weighted by molar-refractivity contribution is -0.274. The van der Waals surface area contributed by atoms with Gasteiger partial charge in [0.05, 0.1) is 5.69 Å². The molecule has 0 radical (unpaired) electrons. The van der Waals surface area contributed by atoms with E-state index in [2.05, 4.69) is 75.9 Å². The fraction of sp³-hybridized carbons (Fsp3) is 0.353. The molecule has 46 heavy (non-hydrogen) atoms. The third-order valence-corrected chi connectivity index (χ3v) is 8.86. The second-order valence-corrected chi connectivity index (χ2v) is 12.7. The highest BCUT2D eigenvalue weighted by molar-refractivity contribution is 8.14. The molecule has 2 atom stereocenters. The van der Waals surface area contributed by atoms with Crippen molar-refractivity contribution >= 4 is 28.6 Å². The molecule has 1 saturated heterocycles. The molecule has 1 aliphatic heterocycles. The van der Waals surface area contributed by atoms with Crippen LogP contribution in [0.4, 0.5) is 23.7 Å². The summed E-state index contributed by atoms with van der Waals surface area (Å²) in [6.45, 7) is 11.1. The van der Waals surface area contributed by atoms with Gasteiger partial charge in [0.15, 0.2) is 11.0 Å². The molecule has 3 aromatic carbocycles. The van der Waals surface area contributed by atoms with E-state index in [1.807, 2.05) is 31.2 Å². The standard InChI is InChI=1S/C34H37F3N6O2S/c1-21(2)30-22(3)7-6-8-29(30)43-24(5)17-18-46-33(43)40-32(44)38-19-23(4)25-9-11-26(12-10-25)31-39-20-42(41-31)27-13-15-28(16-14-27)45-34(35,36)37/h6-16,20-21,23-24H,17-19H2,1-5H3,(H,38,44)/b40-33-. The number of alkyl halides is 3. The van der Waals surface area contributed by atoms with Gasteiger partial charge in [-0.2, -0.15) is 4.99 Å². The van der Waals surface area contributed by atoms with Crippen molar-refractivity contribution in [3.63, 3.8) is 0 Å². The summed E-state index contributed by atoms with van der Waals surface area (Å²) in [7, 11) is 0. The van der Waals surface area contributed by atoms with Gasteiger partial charge in [-0.15, -0.1) is 18.3 Å². The molecule has 2 heterocycles. The molecule has 5 rings (SSSR count). The minimum absolute atomic E-state index is 0.0273. The van der Waals surface area contributed by atoms with Crippen LogP contribution in [0.5, 0.6) is 5.75 Å². The Bertz CT molecular complexity index is 1690. The van der Waals surface area contributed by atoms with Gasteiger partial charge in [-0.1, -0.05) is 68.9 Å². The van der Waals surface area contributed by atoms with Gasteiger partial charge < -0.3 is 15.0 Å². The number of aliphatic imine (C=N–C) groups is 1. The minimum Gasteiger partial charge on any atom is -0.406 e. The molecular weight excluding hydrogens is 613 g/mol. The Hall–Kier alpha value is -4.32. The largest absolute Gasteiger partial charge is 0.573 e. The predicted molar refractivity (Wildman–Crippen MR) is 177 cm³/mol. The van der Waals surface area contributed by atoms with E-state index in [1.165, 1.54) is 46.4 Å². The first kappa shape index (κ1) is 33.1. The van der Waals surface area contributed by atoms with Crippen LogP contribution in [-0.4, -0.2) is 50.7 Å². The molecular formula is C34H37F3N6O2S. The number of nitrogens with one attached hydrogen (secondary N) is 1. The van der Waals surface area contributed by atoms with Gasteiger partial charge in [0, 0.05) is 29.6 Å². The summed E-state index contributed by atoms with van der Waals surface area (Å²) in [5.74, 6) is 1.44. The number of thioether (sulfide) groups is 1. The van der Waals surface area contributed by atoms with E-state index in [-0.39, 0.29) is 23.7 Å². The lowest BCUT2D eigenvalue weighted by atomic mass is 9.95. The first-order valence-electron chi connectivity index (χ1n) is 15.2. The van der Waals surface area contributed by atoms with Gasteiger partial charge in [0.1, 0.15) is 12.1 Å². The van der Waals surface area contributed by atoms with E-state index in [0.29, 0.717) is 24.0 Å². The molecule has 12 heteroatoms. The topological polar surface area (TPSA) is 84.6 Å². The van der Waals surface area contributed by atoms with Crippen molar-refractivity contribution in [2.45, 2.75) is 65.3 Å². The highest BCUT2D eigenvalue weighted by atomic mass is 32.2. The monoisotopic (exact) mass is 650 g/mol. The number of anilines is 1. The smallest absolute Gasteiger partial charge is 0.406 e. The molecule has 2 amide bonds. The van der Waals surface area contributed by atoms with Crippen molar-refractivity contribution in [3.05, 3.63) is 89.7 Å². The Morgan fingerprint density at radius 1 is 1.09 bits per heavy atom. The van der Waals surface area contributed by atoms with Crippen LogP contribution in [0.1, 0.15) is 62.6 Å². The molecule has 0 spiro atoms.